The molecule has 0 amide bonds. The van der Waals surface area contributed by atoms with Gasteiger partial charge in [-0.25, -0.2) is 4.79 Å². The molecule has 78 heavy (non-hydrogen) atoms. The third kappa shape index (κ3) is 11.1. The highest BCUT2D eigenvalue weighted by Crippen LogP contribution is 2.64. The second-order valence-electron chi connectivity index (χ2n) is 25.4. The van der Waals surface area contributed by atoms with Crippen molar-refractivity contribution in [3.8, 4) is 0 Å². The van der Waals surface area contributed by atoms with Crippen LogP contribution < -0.4 is 0 Å². The van der Waals surface area contributed by atoms with E-state index in [1.165, 1.54) is 0 Å². The number of aliphatic hydroxyl groups excluding tert-OH is 6. The Kier molecular flexibility index (Phi) is 18.9. The first-order valence-electron chi connectivity index (χ1n) is 29.4. The van der Waals surface area contributed by atoms with Crippen molar-refractivity contribution in [1.82, 2.24) is 0 Å². The van der Waals surface area contributed by atoms with Gasteiger partial charge in [-0.2, -0.15) is 0 Å². The molecule has 0 radical (unpaired) electrons. The zero-order chi connectivity index (χ0) is 57.1. The summed E-state index contributed by atoms with van der Waals surface area (Å²) in [6.45, 7) is 23.2. The minimum Gasteiger partial charge on any atom is -0.511 e. The molecule has 8 rings (SSSR count). The Morgan fingerprint density at radius 2 is 1.36 bits per heavy atom. The van der Waals surface area contributed by atoms with Crippen molar-refractivity contribution in [3.05, 3.63) is 46.3 Å². The Morgan fingerprint density at radius 1 is 0.744 bits per heavy atom. The molecule has 4 aliphatic carbocycles. The molecule has 1 spiro atoms. The van der Waals surface area contributed by atoms with Crippen molar-refractivity contribution in [2.75, 3.05) is 13.7 Å². The van der Waals surface area contributed by atoms with Crippen molar-refractivity contribution in [2.45, 2.75) is 245 Å². The van der Waals surface area contributed by atoms with Crippen LogP contribution in [0.3, 0.4) is 0 Å². The molecule has 440 valence electrons. The number of rotatable bonds is 10. The second kappa shape index (κ2) is 24.1. The summed E-state index contributed by atoms with van der Waals surface area (Å²) in [6, 6.07) is 0. The predicted octanol–water partition coefficient (Wildman–Crippen LogP) is 7.28. The monoisotopic (exact) mass is 1100 g/mol. The lowest BCUT2D eigenvalue weighted by molar-refractivity contribution is -0.338. The normalized spacial score (nSPS) is 47.9. The number of hydrogen-bond acceptors (Lipinski definition) is 17. The van der Waals surface area contributed by atoms with E-state index in [2.05, 4.69) is 26.0 Å². The van der Waals surface area contributed by atoms with Crippen molar-refractivity contribution < 1.29 is 82.9 Å². The van der Waals surface area contributed by atoms with E-state index in [9.17, 15) is 40.2 Å². The molecular weight excluding hydrogens is 1000 g/mol. The molecule has 0 aromatic carbocycles. The van der Waals surface area contributed by atoms with Crippen LogP contribution in [0.1, 0.15) is 154 Å². The highest BCUT2D eigenvalue weighted by molar-refractivity contribution is 6.26. The molecule has 6 N–H and O–H groups in total. The highest BCUT2D eigenvalue weighted by Gasteiger charge is 2.67. The quantitative estimate of drug-likeness (QED) is 0.0715. The summed E-state index contributed by atoms with van der Waals surface area (Å²) < 4.78 is 51.0. The van der Waals surface area contributed by atoms with Crippen molar-refractivity contribution >= 4 is 17.5 Å². The maximum atomic E-state index is 15.7. The van der Waals surface area contributed by atoms with Gasteiger partial charge in [-0.05, 0) is 90.4 Å². The Bertz CT molecular complexity index is 2290. The number of methoxy groups -OCH3 is 1. The van der Waals surface area contributed by atoms with Crippen LogP contribution in [-0.2, 0) is 52.3 Å². The van der Waals surface area contributed by atoms with Gasteiger partial charge in [0.15, 0.2) is 24.5 Å². The maximum Gasteiger partial charge on any atom is 0.346 e. The molecule has 4 saturated heterocycles. The number of ketones is 2. The summed E-state index contributed by atoms with van der Waals surface area (Å²) in [5.74, 6) is -5.19. The zero-order valence-corrected chi connectivity index (χ0v) is 48.6. The predicted molar refractivity (Wildman–Crippen MR) is 287 cm³/mol. The van der Waals surface area contributed by atoms with Gasteiger partial charge in [-0.3, -0.25) is 9.59 Å². The molecule has 8 aliphatic rings. The van der Waals surface area contributed by atoms with Gasteiger partial charge >= 0.3 is 5.97 Å². The van der Waals surface area contributed by atoms with Crippen molar-refractivity contribution in [2.24, 2.45) is 58.2 Å². The molecule has 17 heteroatoms. The summed E-state index contributed by atoms with van der Waals surface area (Å²) in [4.78, 5) is 44.3. The lowest BCUT2D eigenvalue weighted by atomic mass is 9.47. The van der Waals surface area contributed by atoms with Crippen LogP contribution in [0, 0.1) is 58.2 Å². The summed E-state index contributed by atoms with van der Waals surface area (Å²) >= 11 is 0. The number of carbonyl (C=O) groups is 3. The minimum absolute atomic E-state index is 0.0414. The molecule has 4 aliphatic heterocycles. The Hall–Kier alpha value is -2.91. The first kappa shape index (κ1) is 61.2. The number of aliphatic hydroxyl groups is 6. The van der Waals surface area contributed by atoms with E-state index in [1.807, 2.05) is 68.4 Å². The summed E-state index contributed by atoms with van der Waals surface area (Å²) in [5, 5.41) is 68.8. The van der Waals surface area contributed by atoms with Gasteiger partial charge in [0.2, 0.25) is 5.78 Å². The topological polar surface area (TPSA) is 246 Å². The fourth-order valence-electron chi connectivity index (χ4n) is 16.0. The molecular formula is C61H94O17. The Morgan fingerprint density at radius 3 is 1.97 bits per heavy atom. The fraction of sp³-hybridized carbons (Fsp3) is 0.820. The first-order chi connectivity index (χ1) is 36.8. The van der Waals surface area contributed by atoms with Crippen LogP contribution in [0.2, 0.25) is 0 Å². The Balaban J connectivity index is 1.09. The van der Waals surface area contributed by atoms with Gasteiger partial charge in [-0.1, -0.05) is 89.8 Å². The van der Waals surface area contributed by atoms with Gasteiger partial charge in [0.05, 0.1) is 48.8 Å². The lowest BCUT2D eigenvalue weighted by Gasteiger charge is -2.56. The molecule has 4 heterocycles. The molecule has 17 nitrogen and oxygen atoms in total. The molecule has 0 aromatic rings. The van der Waals surface area contributed by atoms with Crippen LogP contribution in [0.25, 0.3) is 0 Å². The number of Topliss-reactive ketones (excluding diaryl/α,β-unsaturated/α-hetero) is 2. The van der Waals surface area contributed by atoms with Crippen LogP contribution in [0.4, 0.5) is 0 Å². The van der Waals surface area contributed by atoms with Gasteiger partial charge < -0.3 is 68.5 Å². The van der Waals surface area contributed by atoms with Gasteiger partial charge in [0.1, 0.15) is 35.4 Å². The van der Waals surface area contributed by atoms with Crippen LogP contribution in [0.5, 0.6) is 0 Å². The summed E-state index contributed by atoms with van der Waals surface area (Å²) in [6.07, 6.45) is -0.691. The van der Waals surface area contributed by atoms with E-state index < -0.39 is 144 Å². The maximum absolute atomic E-state index is 15.7. The average molecular weight is 1100 g/mol. The minimum atomic E-state index is -1.62. The molecule has 25 atom stereocenters. The van der Waals surface area contributed by atoms with E-state index >= 15 is 4.79 Å². The molecule has 12 unspecified atom stereocenters. The van der Waals surface area contributed by atoms with Crippen LogP contribution in [0.15, 0.2) is 46.3 Å². The van der Waals surface area contributed by atoms with Gasteiger partial charge in [0, 0.05) is 80.3 Å². The van der Waals surface area contributed by atoms with Crippen LogP contribution in [-0.4, -0.2) is 154 Å². The van der Waals surface area contributed by atoms with Crippen molar-refractivity contribution in [1.29, 1.82) is 0 Å². The van der Waals surface area contributed by atoms with E-state index in [4.69, 9.17) is 37.9 Å². The van der Waals surface area contributed by atoms with Gasteiger partial charge in [0.25, 0.3) is 0 Å². The number of ether oxygens (including phenoxy) is 8. The number of carbonyl (C=O) groups excluding carboxylic acids is 3. The zero-order valence-electron chi connectivity index (χ0n) is 48.6. The first-order valence-corrected chi connectivity index (χ1v) is 29.4. The summed E-state index contributed by atoms with van der Waals surface area (Å²) in [7, 11) is 1.57. The molecule has 0 aromatic heterocycles. The fourth-order valence-corrected chi connectivity index (χ4v) is 16.0. The SMILES string of the molecule is CCC1=CC(CO)CC(C)[C@@H](O[C@H]2C[C@H](O)[C@H](O[C@@H]3C[C@@H](OC)[C@H](O[C@H]4C[C@H](O)[C@H](O)[C@@H](C)O4)[C@@H](C)O3)[C@@H](C)O2)C(C)CCCC2(C)C=C(C)C(C)CC23OC(=O)C(=C(O)C2(CC)C1C(C)=CC1C(O)CC(=O)C(C)C12)C3=O. The smallest absolute Gasteiger partial charge is 0.346 e. The van der Waals surface area contributed by atoms with Crippen LogP contribution >= 0.6 is 0 Å². The average Bonchev–Trinajstić information content (AvgIpc) is 3.88. The molecule has 5 fully saturated rings. The number of allylic oxidation sites excluding steroid dienone is 4. The standard InChI is InChI=1S/C61H94O17/c1-14-39-21-38(28-62)19-31(5)53(75-47-24-44(66)54(36(10)73-47)76-48-25-45(71-13)55(37(11)74-48)77-46-23-43(65)52(67)35(9)72-46)29(3)17-16-18-59(12)26-32(6)33(7)27-61(59)57(69)49(58(70)78-61)56(68)60(15-2)50(39)30(4)20-40-42(64)22-41(63)34(8)51(40)60/h20-21,26,29,31,33-38,40,42-48,50-55,62,64-68H,14-19,22-25,27-28H2,1-13H3/t29?,31?,33?,34?,35-,36-,37-,38?,40?,42?,43+,44+,45-,46+,47+,48-,50?,51?,52-,53+,54-,55-,59?,60?,61?/m1/s1. The van der Waals surface area contributed by atoms with E-state index in [0.29, 0.717) is 32.1 Å². The van der Waals surface area contributed by atoms with E-state index in [-0.39, 0.29) is 80.0 Å². The summed E-state index contributed by atoms with van der Waals surface area (Å²) in [5.41, 5.74) is -1.54. The highest BCUT2D eigenvalue weighted by atomic mass is 16.7. The van der Waals surface area contributed by atoms with Gasteiger partial charge in [-0.15, -0.1) is 0 Å². The molecule has 2 bridgehead atoms. The van der Waals surface area contributed by atoms with Crippen molar-refractivity contribution in [3.63, 3.8) is 0 Å². The van der Waals surface area contributed by atoms with E-state index in [0.717, 1.165) is 16.7 Å². The Labute approximate surface area is 462 Å². The molecule has 1 saturated carbocycles. The second-order valence-corrected chi connectivity index (χ2v) is 25.4. The van der Waals surface area contributed by atoms with E-state index in [1.54, 1.807) is 14.0 Å². The number of hydrogen-bond donors (Lipinski definition) is 6. The third-order valence-electron chi connectivity index (χ3n) is 20.3. The number of fused-ring (bicyclic) bond motifs is 4. The lowest BCUT2D eigenvalue weighted by Crippen LogP contribution is -2.57. The largest absolute Gasteiger partial charge is 0.511 e. The number of esters is 1. The third-order valence-corrected chi connectivity index (χ3v) is 20.3.